The summed E-state index contributed by atoms with van der Waals surface area (Å²) in [4.78, 5) is 29.2. The number of aryl methyl sites for hydroxylation is 1. The van der Waals surface area contributed by atoms with Crippen molar-refractivity contribution in [2.45, 2.75) is 20.4 Å². The minimum absolute atomic E-state index is 0.0381. The highest BCUT2D eigenvalue weighted by Crippen LogP contribution is 2.29. The largest absolute Gasteiger partial charge is 0.339 e. The van der Waals surface area contributed by atoms with Gasteiger partial charge in [0.05, 0.1) is 10.2 Å². The Hall–Kier alpha value is -2.08. The number of carbonyl (C=O) groups is 2. The normalized spacial score (nSPS) is 15.2. The molecule has 0 unspecified atom stereocenters. The second-order valence-electron chi connectivity index (χ2n) is 5.83. The first-order valence-corrected chi connectivity index (χ1v) is 8.58. The molecule has 1 aliphatic rings. The quantitative estimate of drug-likeness (QED) is 0.811. The van der Waals surface area contributed by atoms with E-state index < -0.39 is 0 Å². The zero-order valence-electron chi connectivity index (χ0n) is 13.5. The van der Waals surface area contributed by atoms with Crippen LogP contribution in [0.15, 0.2) is 24.8 Å². The lowest BCUT2D eigenvalue weighted by atomic mass is 10.2. The minimum Gasteiger partial charge on any atom is -0.339 e. The van der Waals surface area contributed by atoms with Gasteiger partial charge in [0, 0.05) is 44.5 Å². The zero-order valence-corrected chi connectivity index (χ0v) is 14.4. The molecule has 23 heavy (non-hydrogen) atoms. The van der Waals surface area contributed by atoms with Crippen molar-refractivity contribution >= 4 is 33.4 Å². The molecule has 2 aromatic rings. The van der Waals surface area contributed by atoms with Crippen LogP contribution < -0.4 is 0 Å². The highest BCUT2D eigenvalue weighted by molar-refractivity contribution is 7.19. The molecule has 1 aliphatic heterocycles. The van der Waals surface area contributed by atoms with Crippen molar-refractivity contribution in [1.29, 1.82) is 0 Å². The second kappa shape index (κ2) is 6.20. The van der Waals surface area contributed by atoms with Gasteiger partial charge in [-0.3, -0.25) is 9.59 Å². The summed E-state index contributed by atoms with van der Waals surface area (Å²) in [5.74, 6) is 0.110. The van der Waals surface area contributed by atoms with E-state index >= 15 is 0 Å². The van der Waals surface area contributed by atoms with E-state index in [4.69, 9.17) is 0 Å². The average Bonchev–Trinajstić information content (AvgIpc) is 3.04. The topological polar surface area (TPSA) is 45.6 Å². The van der Waals surface area contributed by atoms with Crippen molar-refractivity contribution in [2.24, 2.45) is 0 Å². The van der Waals surface area contributed by atoms with Gasteiger partial charge in [0.2, 0.25) is 5.91 Å². The molecule has 2 amide bonds. The van der Waals surface area contributed by atoms with Gasteiger partial charge in [0.25, 0.3) is 5.91 Å². The standard InChI is InChI=1S/C17H21N3O2S/c1-4-5-20-14-10-12(2)23-16(14)11-15(20)17(22)19-8-6-18(7-9-19)13(3)21/h4,10-11H,1,5-9H2,2-3H3. The van der Waals surface area contributed by atoms with Crippen LogP contribution in [0.4, 0.5) is 0 Å². The molecular weight excluding hydrogens is 310 g/mol. The summed E-state index contributed by atoms with van der Waals surface area (Å²) in [5, 5.41) is 0. The molecule has 0 spiro atoms. The fourth-order valence-corrected chi connectivity index (χ4v) is 4.02. The van der Waals surface area contributed by atoms with Crippen LogP contribution in [-0.4, -0.2) is 52.4 Å². The number of rotatable bonds is 3. The summed E-state index contributed by atoms with van der Waals surface area (Å²) in [6, 6.07) is 4.10. The van der Waals surface area contributed by atoms with Gasteiger partial charge in [-0.25, -0.2) is 0 Å². The maximum Gasteiger partial charge on any atom is 0.270 e. The van der Waals surface area contributed by atoms with Crippen molar-refractivity contribution in [3.05, 3.63) is 35.4 Å². The Bertz CT molecular complexity index is 766. The van der Waals surface area contributed by atoms with Crippen LogP contribution in [-0.2, 0) is 11.3 Å². The molecule has 0 atom stereocenters. The van der Waals surface area contributed by atoms with Crippen molar-refractivity contribution in [2.75, 3.05) is 26.2 Å². The highest BCUT2D eigenvalue weighted by Gasteiger charge is 2.26. The molecule has 3 rings (SSSR count). The second-order valence-corrected chi connectivity index (χ2v) is 7.12. The SMILES string of the molecule is C=CCn1c(C(=O)N2CCN(C(C)=O)CC2)cc2sc(C)cc21. The van der Waals surface area contributed by atoms with Gasteiger partial charge in [0.1, 0.15) is 5.69 Å². The minimum atomic E-state index is 0.0381. The Labute approximate surface area is 139 Å². The zero-order chi connectivity index (χ0) is 16.6. The summed E-state index contributed by atoms with van der Waals surface area (Å²) in [6.07, 6.45) is 1.82. The lowest BCUT2D eigenvalue weighted by molar-refractivity contribution is -0.130. The van der Waals surface area contributed by atoms with Crippen LogP contribution in [0.25, 0.3) is 10.2 Å². The Kier molecular flexibility index (Phi) is 4.26. The van der Waals surface area contributed by atoms with Crippen LogP contribution in [0.5, 0.6) is 0 Å². The number of thiophene rings is 1. The Morgan fingerprint density at radius 2 is 1.87 bits per heavy atom. The van der Waals surface area contributed by atoms with Gasteiger partial charge in [-0.2, -0.15) is 0 Å². The molecule has 0 bridgehead atoms. The first-order valence-electron chi connectivity index (χ1n) is 7.76. The molecule has 1 fully saturated rings. The van der Waals surface area contributed by atoms with E-state index in [2.05, 4.69) is 19.6 Å². The van der Waals surface area contributed by atoms with Crippen molar-refractivity contribution in [3.63, 3.8) is 0 Å². The van der Waals surface area contributed by atoms with Gasteiger partial charge < -0.3 is 14.4 Å². The van der Waals surface area contributed by atoms with E-state index in [1.807, 2.05) is 21.6 Å². The molecule has 3 heterocycles. The van der Waals surface area contributed by atoms with Crippen molar-refractivity contribution in [3.8, 4) is 0 Å². The fourth-order valence-electron chi connectivity index (χ4n) is 3.05. The van der Waals surface area contributed by atoms with Gasteiger partial charge in [-0.1, -0.05) is 6.08 Å². The molecule has 0 N–H and O–H groups in total. The molecule has 0 radical (unpaired) electrons. The Balaban J connectivity index is 1.86. The van der Waals surface area contributed by atoms with Crippen LogP contribution in [0, 0.1) is 6.92 Å². The first-order chi connectivity index (χ1) is 11.0. The van der Waals surface area contributed by atoms with Crippen molar-refractivity contribution in [1.82, 2.24) is 14.4 Å². The predicted molar refractivity (Wildman–Crippen MR) is 92.9 cm³/mol. The number of fused-ring (bicyclic) bond motifs is 1. The fraction of sp³-hybridized carbons (Fsp3) is 0.412. The molecule has 1 saturated heterocycles. The molecule has 6 heteroatoms. The number of hydrogen-bond acceptors (Lipinski definition) is 3. The maximum atomic E-state index is 12.9. The van der Waals surface area contributed by atoms with Crippen LogP contribution in [0.2, 0.25) is 0 Å². The van der Waals surface area contributed by atoms with Gasteiger partial charge in [-0.05, 0) is 19.1 Å². The van der Waals surface area contributed by atoms with Gasteiger partial charge >= 0.3 is 0 Å². The highest BCUT2D eigenvalue weighted by atomic mass is 32.1. The number of allylic oxidation sites excluding steroid dienone is 1. The number of amides is 2. The van der Waals surface area contributed by atoms with Crippen LogP contribution in [0.3, 0.4) is 0 Å². The maximum absolute atomic E-state index is 12.9. The third kappa shape index (κ3) is 2.91. The summed E-state index contributed by atoms with van der Waals surface area (Å²) in [6.45, 7) is 10.5. The van der Waals surface area contributed by atoms with Crippen LogP contribution in [0.1, 0.15) is 22.3 Å². The van der Waals surface area contributed by atoms with E-state index in [0.29, 0.717) is 38.4 Å². The summed E-state index contributed by atoms with van der Waals surface area (Å²) in [5.41, 5.74) is 1.81. The molecule has 0 aliphatic carbocycles. The Morgan fingerprint density at radius 1 is 1.22 bits per heavy atom. The lowest BCUT2D eigenvalue weighted by Gasteiger charge is -2.34. The molecule has 0 aromatic carbocycles. The molecular formula is C17H21N3O2S. The van der Waals surface area contributed by atoms with E-state index in [1.165, 1.54) is 4.88 Å². The first kappa shape index (κ1) is 15.8. The third-order valence-corrected chi connectivity index (χ3v) is 5.24. The molecule has 122 valence electrons. The van der Waals surface area contributed by atoms with E-state index in [9.17, 15) is 9.59 Å². The van der Waals surface area contributed by atoms with E-state index in [0.717, 1.165) is 10.2 Å². The van der Waals surface area contributed by atoms with Gasteiger partial charge in [-0.15, -0.1) is 17.9 Å². The molecule has 5 nitrogen and oxygen atoms in total. The summed E-state index contributed by atoms with van der Waals surface area (Å²) in [7, 11) is 0. The number of aromatic nitrogens is 1. The smallest absolute Gasteiger partial charge is 0.270 e. The monoisotopic (exact) mass is 331 g/mol. The summed E-state index contributed by atoms with van der Waals surface area (Å²) < 4.78 is 3.17. The summed E-state index contributed by atoms with van der Waals surface area (Å²) >= 11 is 1.70. The van der Waals surface area contributed by atoms with Gasteiger partial charge in [0.15, 0.2) is 0 Å². The van der Waals surface area contributed by atoms with E-state index in [-0.39, 0.29) is 11.8 Å². The lowest BCUT2D eigenvalue weighted by Crippen LogP contribution is -2.50. The van der Waals surface area contributed by atoms with Crippen molar-refractivity contribution < 1.29 is 9.59 Å². The number of hydrogen-bond donors (Lipinski definition) is 0. The molecule has 2 aromatic heterocycles. The molecule has 0 saturated carbocycles. The number of piperazine rings is 1. The number of carbonyl (C=O) groups excluding carboxylic acids is 2. The third-order valence-electron chi connectivity index (χ3n) is 4.26. The number of nitrogens with zero attached hydrogens (tertiary/aromatic N) is 3. The van der Waals surface area contributed by atoms with Crippen LogP contribution >= 0.6 is 11.3 Å². The Morgan fingerprint density at radius 3 is 2.48 bits per heavy atom. The average molecular weight is 331 g/mol. The van der Waals surface area contributed by atoms with E-state index in [1.54, 1.807) is 23.2 Å². The predicted octanol–water partition coefficient (Wildman–Crippen LogP) is 2.50.